The van der Waals surface area contributed by atoms with E-state index in [4.69, 9.17) is 10.9 Å². The average molecular weight is 183 g/mol. The molecular formula is C8H11N2O3+. The molecule has 0 saturated heterocycles. The first-order valence-electron chi connectivity index (χ1n) is 3.68. The molecule has 0 unspecified atom stereocenters. The smallest absolute Gasteiger partial charge is 0.365 e. The predicted molar refractivity (Wildman–Crippen MR) is 45.0 cm³/mol. The summed E-state index contributed by atoms with van der Waals surface area (Å²) in [5, 5.41) is 18.4. The zero-order chi connectivity index (χ0) is 10.0. The quantitative estimate of drug-likeness (QED) is 0.254. The summed E-state index contributed by atoms with van der Waals surface area (Å²) in [7, 11) is 0. The Morgan fingerprint density at radius 1 is 1.46 bits per heavy atom. The molecule has 13 heavy (non-hydrogen) atoms. The summed E-state index contributed by atoms with van der Waals surface area (Å²) in [6, 6.07) is 2.49. The van der Waals surface area contributed by atoms with Crippen molar-refractivity contribution in [3.8, 4) is 11.5 Å². The molecular weight excluding hydrogens is 172 g/mol. The van der Waals surface area contributed by atoms with Gasteiger partial charge in [-0.1, -0.05) is 0 Å². The molecule has 0 aliphatic heterocycles. The van der Waals surface area contributed by atoms with Gasteiger partial charge in [0.25, 0.3) is 0 Å². The third kappa shape index (κ3) is 1.77. The maximum absolute atomic E-state index is 11.1. The topological polar surface area (TPSA) is 100 Å². The van der Waals surface area contributed by atoms with Gasteiger partial charge in [-0.15, -0.1) is 0 Å². The number of aromatic hydroxyl groups is 2. The fourth-order valence-corrected chi connectivity index (χ4v) is 1.15. The Morgan fingerprint density at radius 2 is 2.08 bits per heavy atom. The Kier molecular flexibility index (Phi) is 2.50. The van der Waals surface area contributed by atoms with Gasteiger partial charge in [0.05, 0.1) is 0 Å². The molecule has 0 aliphatic carbocycles. The summed E-state index contributed by atoms with van der Waals surface area (Å²) in [4.78, 5) is 11.1. The summed E-state index contributed by atoms with van der Waals surface area (Å²) in [5.74, 6) is 4.23. The zero-order valence-electron chi connectivity index (χ0n) is 7.11. The van der Waals surface area contributed by atoms with E-state index < -0.39 is 5.91 Å². The molecule has 70 valence electrons. The lowest BCUT2D eigenvalue weighted by Crippen LogP contribution is -2.94. The van der Waals surface area contributed by atoms with Crippen LogP contribution in [0.3, 0.4) is 0 Å². The van der Waals surface area contributed by atoms with Crippen molar-refractivity contribution in [2.45, 2.75) is 6.92 Å². The lowest BCUT2D eigenvalue weighted by Gasteiger charge is -2.04. The van der Waals surface area contributed by atoms with Crippen LogP contribution >= 0.6 is 0 Å². The molecule has 5 heteroatoms. The van der Waals surface area contributed by atoms with E-state index in [1.54, 1.807) is 6.92 Å². The molecule has 0 aromatic heterocycles. The monoisotopic (exact) mass is 183 g/mol. The standard InChI is InChI=1S/C8H10N2O3/c1-4-2-5(11)3-6(12)7(4)8(13)10-9/h2-3,11-12H,9H2,1H3,(H,10,13)/p+1. The zero-order valence-corrected chi connectivity index (χ0v) is 7.11. The number of hydrogen-bond donors (Lipinski definition) is 4. The van der Waals surface area contributed by atoms with Crippen molar-refractivity contribution >= 4 is 5.91 Å². The van der Waals surface area contributed by atoms with Crippen LogP contribution in [0.5, 0.6) is 11.5 Å². The number of benzene rings is 1. The normalized spacial score (nSPS) is 10.0. The SMILES string of the molecule is Cc1cc(O)cc(O)c1C(=O)[NH2+]N. The second-order valence-electron chi connectivity index (χ2n) is 2.69. The molecule has 1 rings (SSSR count). The van der Waals surface area contributed by atoms with Crippen molar-refractivity contribution in [2.24, 2.45) is 5.84 Å². The number of nitrogens with two attached hydrogens (primary N) is 2. The first-order chi connectivity index (χ1) is 6.06. The van der Waals surface area contributed by atoms with Crippen molar-refractivity contribution in [2.75, 3.05) is 0 Å². The summed E-state index contributed by atoms with van der Waals surface area (Å²) in [6.45, 7) is 1.61. The van der Waals surface area contributed by atoms with Gasteiger partial charge in [0.1, 0.15) is 17.1 Å². The number of quaternary nitrogens is 1. The van der Waals surface area contributed by atoms with Crippen LogP contribution in [0.15, 0.2) is 12.1 Å². The molecule has 0 fully saturated rings. The minimum Gasteiger partial charge on any atom is -0.508 e. The van der Waals surface area contributed by atoms with Gasteiger partial charge in [-0.3, -0.25) is 0 Å². The highest BCUT2D eigenvalue weighted by Gasteiger charge is 2.17. The maximum atomic E-state index is 11.1. The molecule has 0 bridgehead atoms. The third-order valence-corrected chi connectivity index (χ3v) is 1.70. The first-order valence-corrected chi connectivity index (χ1v) is 3.68. The van der Waals surface area contributed by atoms with Gasteiger partial charge in [0, 0.05) is 6.07 Å². The predicted octanol–water partition coefficient (Wildman–Crippen LogP) is -1.02. The molecule has 0 atom stereocenters. The average Bonchev–Trinajstić information content (AvgIpc) is 2.02. The van der Waals surface area contributed by atoms with Crippen molar-refractivity contribution < 1.29 is 20.4 Å². The van der Waals surface area contributed by atoms with E-state index in [1.807, 2.05) is 0 Å². The van der Waals surface area contributed by atoms with Crippen molar-refractivity contribution in [3.05, 3.63) is 23.3 Å². The largest absolute Gasteiger partial charge is 0.508 e. The number of rotatable bonds is 1. The van der Waals surface area contributed by atoms with Crippen LogP contribution in [0, 0.1) is 6.92 Å². The van der Waals surface area contributed by atoms with Crippen LogP contribution in [-0.2, 0) is 0 Å². The number of phenols is 2. The van der Waals surface area contributed by atoms with Crippen molar-refractivity contribution in [3.63, 3.8) is 0 Å². The van der Waals surface area contributed by atoms with Gasteiger partial charge in [-0.05, 0) is 18.6 Å². The second kappa shape index (κ2) is 3.42. The summed E-state index contributed by atoms with van der Waals surface area (Å²) < 4.78 is 0. The number of carbonyl (C=O) groups excluding carboxylic acids is 1. The summed E-state index contributed by atoms with van der Waals surface area (Å²) >= 11 is 0. The number of aryl methyl sites for hydroxylation is 1. The van der Waals surface area contributed by atoms with E-state index in [0.29, 0.717) is 5.56 Å². The van der Waals surface area contributed by atoms with Crippen LogP contribution in [0.25, 0.3) is 0 Å². The molecule has 1 aromatic rings. The molecule has 0 spiro atoms. The molecule has 5 nitrogen and oxygen atoms in total. The van der Waals surface area contributed by atoms with E-state index >= 15 is 0 Å². The Labute approximate surface area is 74.8 Å². The van der Waals surface area contributed by atoms with E-state index in [0.717, 1.165) is 11.5 Å². The van der Waals surface area contributed by atoms with Crippen LogP contribution in [0.2, 0.25) is 0 Å². The van der Waals surface area contributed by atoms with Crippen LogP contribution in [0.1, 0.15) is 15.9 Å². The molecule has 1 amide bonds. The summed E-state index contributed by atoms with van der Waals surface area (Å²) in [6.07, 6.45) is 0. The minimum absolute atomic E-state index is 0.0800. The number of primary amides is 1. The maximum Gasteiger partial charge on any atom is 0.365 e. The number of hydrogen-bond acceptors (Lipinski definition) is 4. The van der Waals surface area contributed by atoms with Gasteiger partial charge in [0.2, 0.25) is 0 Å². The minimum atomic E-state index is -0.463. The van der Waals surface area contributed by atoms with Crippen LogP contribution in [-0.4, -0.2) is 16.1 Å². The Balaban J connectivity index is 3.28. The fraction of sp³-hybridized carbons (Fsp3) is 0.125. The van der Waals surface area contributed by atoms with E-state index in [2.05, 4.69) is 0 Å². The number of amides is 1. The molecule has 1 aromatic carbocycles. The van der Waals surface area contributed by atoms with E-state index in [9.17, 15) is 9.90 Å². The number of carbonyl (C=O) groups is 1. The number of phenolic OH excluding ortho intramolecular Hbond substituents is 1. The molecule has 0 saturated carbocycles. The van der Waals surface area contributed by atoms with Gasteiger partial charge < -0.3 is 10.2 Å². The van der Waals surface area contributed by atoms with Crippen molar-refractivity contribution in [1.82, 2.24) is 0 Å². The fourth-order valence-electron chi connectivity index (χ4n) is 1.15. The van der Waals surface area contributed by atoms with Crippen LogP contribution < -0.4 is 11.3 Å². The van der Waals surface area contributed by atoms with Gasteiger partial charge in [-0.2, -0.15) is 5.84 Å². The Hall–Kier alpha value is -1.59. The lowest BCUT2D eigenvalue weighted by atomic mass is 10.1. The molecule has 0 radical (unpaired) electrons. The third-order valence-electron chi connectivity index (χ3n) is 1.70. The highest BCUT2D eigenvalue weighted by molar-refractivity contribution is 5.91. The van der Waals surface area contributed by atoms with Gasteiger partial charge in [0.15, 0.2) is 0 Å². The summed E-state index contributed by atoms with van der Waals surface area (Å²) in [5.41, 5.74) is 1.49. The lowest BCUT2D eigenvalue weighted by molar-refractivity contribution is -0.567. The van der Waals surface area contributed by atoms with E-state index in [1.165, 1.54) is 6.07 Å². The van der Waals surface area contributed by atoms with Crippen LogP contribution in [0.4, 0.5) is 0 Å². The highest BCUT2D eigenvalue weighted by Crippen LogP contribution is 2.25. The Bertz CT molecular complexity index is 326. The molecule has 0 aliphatic rings. The first kappa shape index (κ1) is 9.50. The highest BCUT2D eigenvalue weighted by atomic mass is 16.3. The van der Waals surface area contributed by atoms with E-state index in [-0.39, 0.29) is 17.1 Å². The Morgan fingerprint density at radius 3 is 2.54 bits per heavy atom. The van der Waals surface area contributed by atoms with Gasteiger partial charge in [-0.25, -0.2) is 10.2 Å². The second-order valence-corrected chi connectivity index (χ2v) is 2.69. The molecule has 0 heterocycles. The molecule has 6 N–H and O–H groups in total. The van der Waals surface area contributed by atoms with Gasteiger partial charge >= 0.3 is 5.91 Å². The van der Waals surface area contributed by atoms with Crippen molar-refractivity contribution in [1.29, 1.82) is 0 Å².